The lowest BCUT2D eigenvalue weighted by Gasteiger charge is -2.06. The smallest absolute Gasteiger partial charge is 0.263 e. The molecule has 0 amide bonds. The molecule has 172 valence electrons. The molecule has 0 bridgehead atoms. The van der Waals surface area contributed by atoms with E-state index in [1.54, 1.807) is 23.7 Å². The largest absolute Gasteiger partial charge is 0.360 e. The zero-order valence-electron chi connectivity index (χ0n) is 18.0. The van der Waals surface area contributed by atoms with Gasteiger partial charge < -0.3 is 5.32 Å². The summed E-state index contributed by atoms with van der Waals surface area (Å²) in [5.41, 5.74) is 2.81. The third-order valence-electron chi connectivity index (χ3n) is 5.10. The van der Waals surface area contributed by atoms with Crippen LogP contribution in [-0.2, 0) is 10.0 Å². The summed E-state index contributed by atoms with van der Waals surface area (Å²) in [6.07, 6.45) is 3.10. The Hall–Kier alpha value is -4.04. The van der Waals surface area contributed by atoms with Crippen LogP contribution in [0.25, 0.3) is 27.6 Å². The van der Waals surface area contributed by atoms with Gasteiger partial charge in [0.05, 0.1) is 10.6 Å². The van der Waals surface area contributed by atoms with Crippen LogP contribution in [0.4, 0.5) is 10.8 Å². The lowest BCUT2D eigenvalue weighted by molar-refractivity contribution is 0.601. The van der Waals surface area contributed by atoms with Crippen molar-refractivity contribution in [3.8, 4) is 17.3 Å². The second-order valence-corrected chi connectivity index (χ2v) is 10.8. The summed E-state index contributed by atoms with van der Waals surface area (Å²) in [5.74, 6) is 0. The van der Waals surface area contributed by atoms with Gasteiger partial charge in [-0.25, -0.2) is 18.4 Å². The van der Waals surface area contributed by atoms with Gasteiger partial charge in [-0.15, -0.1) is 22.7 Å². The molecule has 5 rings (SSSR count). The fourth-order valence-electron chi connectivity index (χ4n) is 3.35. The first-order valence-corrected chi connectivity index (χ1v) is 13.6. The zero-order valence-corrected chi connectivity index (χ0v) is 20.5. The molecule has 7 nitrogen and oxygen atoms in total. The molecule has 0 aliphatic heterocycles. The monoisotopic (exact) mass is 515 g/mol. The van der Waals surface area contributed by atoms with Crippen LogP contribution in [0.1, 0.15) is 5.01 Å². The molecule has 0 unspecified atom stereocenters. The van der Waals surface area contributed by atoms with Crippen molar-refractivity contribution in [3.63, 3.8) is 0 Å². The van der Waals surface area contributed by atoms with E-state index in [0.29, 0.717) is 21.4 Å². The molecule has 0 radical (unpaired) electrons. The highest BCUT2D eigenvalue weighted by atomic mass is 32.2. The average Bonchev–Trinajstić information content (AvgIpc) is 3.57. The van der Waals surface area contributed by atoms with Crippen LogP contribution >= 0.6 is 22.7 Å². The highest BCUT2D eigenvalue weighted by Gasteiger charge is 2.15. The lowest BCUT2D eigenvalue weighted by Crippen LogP contribution is -2.12. The number of anilines is 2. The van der Waals surface area contributed by atoms with Crippen LogP contribution in [0.15, 0.2) is 94.8 Å². The Morgan fingerprint density at radius 3 is 2.54 bits per heavy atom. The van der Waals surface area contributed by atoms with E-state index in [1.165, 1.54) is 41.0 Å². The number of fused-ring (bicyclic) bond motifs is 1. The lowest BCUT2D eigenvalue weighted by atomic mass is 10.1. The maximum Gasteiger partial charge on any atom is 0.263 e. The highest BCUT2D eigenvalue weighted by molar-refractivity contribution is 7.93. The number of nitriles is 1. The summed E-state index contributed by atoms with van der Waals surface area (Å²) in [4.78, 5) is 8.70. The molecule has 2 aromatic heterocycles. The third kappa shape index (κ3) is 5.07. The molecule has 0 saturated heterocycles. The van der Waals surface area contributed by atoms with E-state index < -0.39 is 10.0 Å². The third-order valence-corrected chi connectivity index (χ3v) is 8.15. The number of aromatic nitrogens is 2. The van der Waals surface area contributed by atoms with Gasteiger partial charge in [0.1, 0.15) is 16.6 Å². The highest BCUT2D eigenvalue weighted by Crippen LogP contribution is 2.28. The van der Waals surface area contributed by atoms with Crippen LogP contribution in [0, 0.1) is 11.3 Å². The van der Waals surface area contributed by atoms with Crippen molar-refractivity contribution in [2.75, 3.05) is 10.0 Å². The van der Waals surface area contributed by atoms with Gasteiger partial charge in [0.15, 0.2) is 5.13 Å². The second-order valence-electron chi connectivity index (χ2n) is 7.38. The van der Waals surface area contributed by atoms with Crippen LogP contribution < -0.4 is 10.0 Å². The summed E-state index contributed by atoms with van der Waals surface area (Å²) >= 11 is 2.59. The maximum absolute atomic E-state index is 12.5. The first-order valence-electron chi connectivity index (χ1n) is 10.4. The van der Waals surface area contributed by atoms with Crippen molar-refractivity contribution in [3.05, 3.63) is 94.9 Å². The summed E-state index contributed by atoms with van der Waals surface area (Å²) in [6.45, 7) is 0. The fourth-order valence-corrected chi connectivity index (χ4v) is 5.94. The van der Waals surface area contributed by atoms with E-state index in [9.17, 15) is 13.7 Å². The molecule has 3 aromatic carbocycles. The van der Waals surface area contributed by atoms with Crippen LogP contribution in [-0.4, -0.2) is 18.4 Å². The van der Waals surface area contributed by atoms with Crippen molar-refractivity contribution < 1.29 is 8.42 Å². The SMILES string of the molecule is N#CC(=CNc1ccc(S(=O)(=O)Nc2nccs2)cc1)c1nc(-c2ccc3ccccc3c2)cs1. The number of nitrogens with one attached hydrogen (secondary N) is 2. The van der Waals surface area contributed by atoms with Gasteiger partial charge in [0, 0.05) is 34.4 Å². The normalized spacial score (nSPS) is 11.8. The average molecular weight is 516 g/mol. The molecule has 0 aliphatic carbocycles. The molecular formula is C25H17N5O2S3. The van der Waals surface area contributed by atoms with Crippen molar-refractivity contribution in [1.29, 1.82) is 5.26 Å². The minimum atomic E-state index is -3.72. The summed E-state index contributed by atoms with van der Waals surface area (Å²) in [5, 5.41) is 19.5. The standard InChI is InChI=1S/C25H17N5O2S3/c26-14-20(24-29-23(16-34-24)19-6-5-17-3-1-2-4-18(17)13-19)15-28-21-7-9-22(10-8-21)35(31,32)30-25-27-11-12-33-25/h1-13,15-16,28H,(H,27,30). The van der Waals surface area contributed by atoms with Crippen molar-refractivity contribution in [1.82, 2.24) is 9.97 Å². The molecule has 0 saturated carbocycles. The van der Waals surface area contributed by atoms with Gasteiger partial charge in [-0.05, 0) is 41.1 Å². The Balaban J connectivity index is 1.31. The number of rotatable bonds is 7. The van der Waals surface area contributed by atoms with Gasteiger partial charge in [0.25, 0.3) is 10.0 Å². The molecule has 0 fully saturated rings. The van der Waals surface area contributed by atoms with Gasteiger partial charge >= 0.3 is 0 Å². The first kappa shape index (κ1) is 22.7. The van der Waals surface area contributed by atoms with Crippen LogP contribution in [0.5, 0.6) is 0 Å². The molecule has 2 heterocycles. The molecule has 0 aliphatic rings. The Labute approximate surface area is 210 Å². The van der Waals surface area contributed by atoms with E-state index in [1.807, 2.05) is 23.6 Å². The molecule has 0 spiro atoms. The van der Waals surface area contributed by atoms with Gasteiger partial charge in [-0.1, -0.05) is 36.4 Å². The van der Waals surface area contributed by atoms with E-state index in [0.717, 1.165) is 22.0 Å². The number of hydrogen-bond donors (Lipinski definition) is 2. The van der Waals surface area contributed by atoms with Crippen molar-refractivity contribution in [2.45, 2.75) is 4.90 Å². The summed E-state index contributed by atoms with van der Waals surface area (Å²) < 4.78 is 27.4. The Morgan fingerprint density at radius 1 is 1.00 bits per heavy atom. The number of allylic oxidation sites excluding steroid dienone is 1. The number of thiazole rings is 2. The molecule has 2 N–H and O–H groups in total. The van der Waals surface area contributed by atoms with Crippen LogP contribution in [0.2, 0.25) is 0 Å². The molecule has 5 aromatic rings. The van der Waals surface area contributed by atoms with Crippen molar-refractivity contribution >= 4 is 59.9 Å². The Morgan fingerprint density at radius 2 is 1.80 bits per heavy atom. The molecular weight excluding hydrogens is 499 g/mol. The van der Waals surface area contributed by atoms with Gasteiger partial charge in [0.2, 0.25) is 0 Å². The fraction of sp³-hybridized carbons (Fsp3) is 0. The summed E-state index contributed by atoms with van der Waals surface area (Å²) in [7, 11) is -3.72. The molecule has 10 heteroatoms. The minimum Gasteiger partial charge on any atom is -0.360 e. The number of nitrogens with zero attached hydrogens (tertiary/aromatic N) is 3. The topological polar surface area (TPSA) is 108 Å². The van der Waals surface area contributed by atoms with E-state index in [-0.39, 0.29) is 4.90 Å². The number of hydrogen-bond acceptors (Lipinski definition) is 8. The van der Waals surface area contributed by atoms with E-state index >= 15 is 0 Å². The summed E-state index contributed by atoms with van der Waals surface area (Å²) in [6, 6.07) is 22.7. The number of benzene rings is 3. The minimum absolute atomic E-state index is 0.114. The predicted molar refractivity (Wildman–Crippen MR) is 142 cm³/mol. The number of sulfonamides is 1. The quantitative estimate of drug-likeness (QED) is 0.250. The van der Waals surface area contributed by atoms with Gasteiger partial charge in [-0.3, -0.25) is 4.72 Å². The van der Waals surface area contributed by atoms with E-state index in [4.69, 9.17) is 0 Å². The molecule has 0 atom stereocenters. The van der Waals surface area contributed by atoms with Crippen molar-refractivity contribution in [2.24, 2.45) is 0 Å². The maximum atomic E-state index is 12.5. The second kappa shape index (κ2) is 9.68. The first-order chi connectivity index (χ1) is 17.0. The predicted octanol–water partition coefficient (Wildman–Crippen LogP) is 6.20. The van der Waals surface area contributed by atoms with Gasteiger partial charge in [-0.2, -0.15) is 5.26 Å². The molecule has 35 heavy (non-hydrogen) atoms. The Kier molecular flexibility index (Phi) is 6.29. The van der Waals surface area contributed by atoms with Crippen LogP contribution in [0.3, 0.4) is 0 Å². The zero-order chi connectivity index (χ0) is 24.3. The van der Waals surface area contributed by atoms with E-state index in [2.05, 4.69) is 50.3 Å². The Bertz CT molecular complexity index is 1670.